The van der Waals surface area contributed by atoms with Gasteiger partial charge in [-0.25, -0.2) is 19.3 Å². The van der Waals surface area contributed by atoms with Crippen molar-refractivity contribution in [1.29, 1.82) is 0 Å². The topological polar surface area (TPSA) is 108 Å². The van der Waals surface area contributed by atoms with Gasteiger partial charge in [-0.1, -0.05) is 6.07 Å². The van der Waals surface area contributed by atoms with Crippen molar-refractivity contribution in [3.8, 4) is 39.7 Å². The minimum atomic E-state index is -0.290. The summed E-state index contributed by atoms with van der Waals surface area (Å²) < 4.78 is 20.0. The Morgan fingerprint density at radius 3 is 2.74 bits per heavy atom. The van der Waals surface area contributed by atoms with E-state index in [4.69, 9.17) is 9.72 Å². The maximum absolute atomic E-state index is 14.1. The fourth-order valence-corrected chi connectivity index (χ4v) is 4.36. The number of aromatic amines is 2. The Bertz CT molecular complexity index is 1750. The maximum atomic E-state index is 14.1. The van der Waals surface area contributed by atoms with E-state index >= 15 is 0 Å². The van der Waals surface area contributed by atoms with Crippen LogP contribution in [0, 0.1) is 12.7 Å². The molecule has 5 aromatic heterocycles. The molecule has 6 rings (SSSR count). The first-order valence-electron chi connectivity index (χ1n) is 12.2. The smallest absolute Gasteiger partial charge is 0.178 e. The number of aromatic nitrogens is 7. The number of H-pyrrole nitrogens is 2. The second-order valence-corrected chi connectivity index (χ2v) is 9.39. The Morgan fingerprint density at radius 2 is 1.89 bits per heavy atom. The summed E-state index contributed by atoms with van der Waals surface area (Å²) >= 11 is 0. The number of halogens is 1. The zero-order chi connectivity index (χ0) is 26.2. The molecule has 0 aliphatic heterocycles. The van der Waals surface area contributed by atoms with Crippen LogP contribution in [0.15, 0.2) is 61.1 Å². The number of nitrogens with one attached hydrogen (secondary N) is 2. The molecule has 9 nitrogen and oxygen atoms in total. The molecule has 190 valence electrons. The number of fused-ring (bicyclic) bond motifs is 2. The van der Waals surface area contributed by atoms with Crippen molar-refractivity contribution in [2.45, 2.75) is 6.92 Å². The number of benzene rings is 1. The lowest BCUT2D eigenvalue weighted by atomic mass is 10.0. The highest BCUT2D eigenvalue weighted by molar-refractivity contribution is 5.95. The average molecular weight is 509 g/mol. The van der Waals surface area contributed by atoms with Crippen LogP contribution in [0.4, 0.5) is 4.39 Å². The number of ether oxygens (including phenoxy) is 1. The van der Waals surface area contributed by atoms with Crippen molar-refractivity contribution in [1.82, 2.24) is 40.0 Å². The fourth-order valence-electron chi connectivity index (χ4n) is 4.36. The molecular formula is C28H25FN8O. The Morgan fingerprint density at radius 1 is 1.00 bits per heavy atom. The third-order valence-electron chi connectivity index (χ3n) is 6.19. The predicted octanol–water partition coefficient (Wildman–Crippen LogP) is 5.01. The van der Waals surface area contributed by atoms with Crippen LogP contribution < -0.4 is 4.74 Å². The number of likely N-dealkylation sites (N-methyl/N-ethyl adjacent to an activating group) is 1. The van der Waals surface area contributed by atoms with Gasteiger partial charge in [0.15, 0.2) is 17.2 Å². The first-order chi connectivity index (χ1) is 18.4. The van der Waals surface area contributed by atoms with Crippen LogP contribution >= 0.6 is 0 Å². The van der Waals surface area contributed by atoms with Gasteiger partial charge in [-0.3, -0.25) is 10.1 Å². The van der Waals surface area contributed by atoms with Crippen molar-refractivity contribution in [3.05, 3.63) is 72.4 Å². The number of imidazole rings is 1. The van der Waals surface area contributed by atoms with Gasteiger partial charge in [0, 0.05) is 30.1 Å². The number of nitrogens with zero attached hydrogens (tertiary/aromatic N) is 6. The molecule has 6 aromatic rings. The van der Waals surface area contributed by atoms with Crippen LogP contribution in [-0.4, -0.2) is 67.3 Å². The summed E-state index contributed by atoms with van der Waals surface area (Å²) in [7, 11) is 4.00. The van der Waals surface area contributed by atoms with Gasteiger partial charge < -0.3 is 14.6 Å². The van der Waals surface area contributed by atoms with E-state index < -0.39 is 0 Å². The van der Waals surface area contributed by atoms with Crippen LogP contribution in [-0.2, 0) is 0 Å². The Hall–Kier alpha value is -4.70. The standard InChI is InChI=1S/C28H25FN8O/c1-16-10-17(12-19(29)11-16)21-6-7-31-27-24(21)33-28(34-27)26-25-23(35-36-26)5-4-22(32-25)18-13-20(15-30-14-18)38-9-8-37(2)3/h4-7,10-15H,8-9H2,1-3H3,(H,35,36)(H,31,33,34). The maximum Gasteiger partial charge on any atom is 0.178 e. The highest BCUT2D eigenvalue weighted by Crippen LogP contribution is 2.32. The normalized spacial score (nSPS) is 11.6. The van der Waals surface area contributed by atoms with Gasteiger partial charge in [0.1, 0.15) is 23.7 Å². The van der Waals surface area contributed by atoms with Crippen LogP contribution in [0.2, 0.25) is 0 Å². The SMILES string of the molecule is Cc1cc(F)cc(-c2ccnc3nc(-c4n[nH]c5ccc(-c6cncc(OCCN(C)C)c6)nc45)[nH]c23)c1. The van der Waals surface area contributed by atoms with Crippen molar-refractivity contribution in [2.24, 2.45) is 0 Å². The van der Waals surface area contributed by atoms with Gasteiger partial charge in [0.05, 0.1) is 22.9 Å². The van der Waals surface area contributed by atoms with Gasteiger partial charge in [-0.05, 0) is 68.5 Å². The van der Waals surface area contributed by atoms with Crippen LogP contribution in [0.3, 0.4) is 0 Å². The molecule has 2 N–H and O–H groups in total. The molecule has 0 saturated carbocycles. The largest absolute Gasteiger partial charge is 0.491 e. The van der Waals surface area contributed by atoms with Crippen LogP contribution in [0.1, 0.15) is 5.56 Å². The van der Waals surface area contributed by atoms with E-state index in [0.29, 0.717) is 40.6 Å². The molecule has 0 atom stereocenters. The van der Waals surface area contributed by atoms with Crippen LogP contribution in [0.25, 0.3) is 56.1 Å². The third kappa shape index (κ3) is 4.57. The molecule has 10 heteroatoms. The van der Waals surface area contributed by atoms with E-state index in [1.54, 1.807) is 18.6 Å². The molecule has 5 heterocycles. The van der Waals surface area contributed by atoms with Crippen molar-refractivity contribution in [2.75, 3.05) is 27.2 Å². The highest BCUT2D eigenvalue weighted by Gasteiger charge is 2.18. The summed E-state index contributed by atoms with van der Waals surface area (Å²) in [5.41, 5.74) is 7.15. The molecule has 0 spiro atoms. The fraction of sp³-hybridized carbons (Fsp3) is 0.179. The molecule has 0 saturated heterocycles. The van der Waals surface area contributed by atoms with E-state index in [1.165, 1.54) is 12.1 Å². The Kier molecular flexibility index (Phi) is 6.01. The van der Waals surface area contributed by atoms with Gasteiger partial charge >= 0.3 is 0 Å². The summed E-state index contributed by atoms with van der Waals surface area (Å²) in [6.07, 6.45) is 5.12. The minimum Gasteiger partial charge on any atom is -0.491 e. The monoisotopic (exact) mass is 508 g/mol. The van der Waals surface area contributed by atoms with E-state index in [9.17, 15) is 4.39 Å². The molecule has 0 amide bonds. The first-order valence-corrected chi connectivity index (χ1v) is 12.2. The predicted molar refractivity (Wildman–Crippen MR) is 144 cm³/mol. The second-order valence-electron chi connectivity index (χ2n) is 9.39. The van der Waals surface area contributed by atoms with Crippen molar-refractivity contribution in [3.63, 3.8) is 0 Å². The molecule has 0 aliphatic carbocycles. The summed E-state index contributed by atoms with van der Waals surface area (Å²) in [4.78, 5) is 23.7. The van der Waals surface area contributed by atoms with E-state index in [1.807, 2.05) is 51.4 Å². The van der Waals surface area contributed by atoms with Crippen molar-refractivity contribution < 1.29 is 9.13 Å². The summed E-state index contributed by atoms with van der Waals surface area (Å²) in [5, 5.41) is 7.52. The molecular weight excluding hydrogens is 483 g/mol. The summed E-state index contributed by atoms with van der Waals surface area (Å²) in [5.74, 6) is 0.909. The lowest BCUT2D eigenvalue weighted by Crippen LogP contribution is -2.19. The Balaban J connectivity index is 1.38. The number of pyridine rings is 3. The molecule has 0 aliphatic rings. The number of rotatable bonds is 7. The Labute approximate surface area is 217 Å². The van der Waals surface area contributed by atoms with Gasteiger partial charge in [0.25, 0.3) is 0 Å². The lowest BCUT2D eigenvalue weighted by Gasteiger charge is -2.11. The van der Waals surface area contributed by atoms with Gasteiger partial charge in [-0.2, -0.15) is 5.10 Å². The average Bonchev–Trinajstić information content (AvgIpc) is 3.51. The number of hydrogen-bond acceptors (Lipinski definition) is 7. The molecule has 0 bridgehead atoms. The number of aryl methyl sites for hydroxylation is 1. The van der Waals surface area contributed by atoms with Gasteiger partial charge in [0.2, 0.25) is 0 Å². The van der Waals surface area contributed by atoms with Crippen LogP contribution in [0.5, 0.6) is 5.75 Å². The second kappa shape index (κ2) is 9.64. The molecule has 0 unspecified atom stereocenters. The summed E-state index contributed by atoms with van der Waals surface area (Å²) in [6, 6.07) is 12.5. The first kappa shape index (κ1) is 23.7. The minimum absolute atomic E-state index is 0.290. The number of hydrogen-bond donors (Lipinski definition) is 2. The molecule has 0 radical (unpaired) electrons. The molecule has 1 aromatic carbocycles. The quantitative estimate of drug-likeness (QED) is 0.312. The highest BCUT2D eigenvalue weighted by atomic mass is 19.1. The van der Waals surface area contributed by atoms with Crippen molar-refractivity contribution >= 4 is 22.2 Å². The van der Waals surface area contributed by atoms with E-state index in [0.717, 1.165) is 40.0 Å². The zero-order valence-corrected chi connectivity index (χ0v) is 21.2. The van der Waals surface area contributed by atoms with E-state index in [2.05, 4.69) is 35.0 Å². The summed E-state index contributed by atoms with van der Waals surface area (Å²) in [6.45, 7) is 3.23. The van der Waals surface area contributed by atoms with E-state index in [-0.39, 0.29) is 5.82 Å². The van der Waals surface area contributed by atoms with Gasteiger partial charge in [-0.15, -0.1) is 0 Å². The third-order valence-corrected chi connectivity index (χ3v) is 6.19. The zero-order valence-electron chi connectivity index (χ0n) is 21.2. The lowest BCUT2D eigenvalue weighted by molar-refractivity contribution is 0.261. The molecule has 38 heavy (non-hydrogen) atoms. The molecule has 0 fully saturated rings.